The fourth-order valence-electron chi connectivity index (χ4n) is 6.50. The number of hydrogen-bond acceptors (Lipinski definition) is 0. The zero-order valence-corrected chi connectivity index (χ0v) is 26.3. The van der Waals surface area contributed by atoms with Gasteiger partial charge < -0.3 is 9.13 Å². The summed E-state index contributed by atoms with van der Waals surface area (Å²) in [5.74, 6) is 0. The first-order valence-corrected chi connectivity index (χ1v) is 15.7. The number of hydrogen-bond donors (Lipinski definition) is 0. The molecule has 0 fully saturated rings. The topological polar surface area (TPSA) is 9.86 Å². The van der Waals surface area contributed by atoms with Crippen molar-refractivity contribution in [1.82, 2.24) is 9.13 Å². The molecule has 0 saturated heterocycles. The van der Waals surface area contributed by atoms with Gasteiger partial charge in [0.05, 0.1) is 22.1 Å². The molecule has 2 aromatic heterocycles. The maximum absolute atomic E-state index is 3.98. The van der Waals surface area contributed by atoms with Crippen LogP contribution in [0.15, 0.2) is 176 Å². The normalized spacial score (nSPS) is 11.6. The number of aromatic nitrogens is 2. The Morgan fingerprint density at radius 1 is 0.543 bits per heavy atom. The average Bonchev–Trinajstić information content (AvgIpc) is 3.61. The summed E-state index contributed by atoms with van der Waals surface area (Å²) in [6.07, 6.45) is 3.94. The number of nitrogens with zero attached hydrogens (tertiary/aromatic N) is 2. The fourth-order valence-corrected chi connectivity index (χ4v) is 6.50. The highest BCUT2D eigenvalue weighted by Crippen LogP contribution is 2.33. The van der Waals surface area contributed by atoms with Crippen molar-refractivity contribution in [3.63, 3.8) is 0 Å². The van der Waals surface area contributed by atoms with E-state index in [1.807, 2.05) is 13.0 Å². The molecule has 0 saturated carbocycles. The molecule has 6 aromatic carbocycles. The van der Waals surface area contributed by atoms with Gasteiger partial charge >= 0.3 is 0 Å². The highest BCUT2D eigenvalue weighted by atomic mass is 15.0. The molecule has 8 rings (SSSR count). The van der Waals surface area contributed by atoms with Crippen LogP contribution in [0.25, 0.3) is 66.1 Å². The Balaban J connectivity index is 0.000000152. The lowest BCUT2D eigenvalue weighted by atomic mass is 10.0. The molecule has 0 N–H and O–H groups in total. The third-order valence-electron chi connectivity index (χ3n) is 8.50. The molecule has 8 aromatic rings. The molecule has 0 atom stereocenters. The summed E-state index contributed by atoms with van der Waals surface area (Å²) >= 11 is 0. The molecule has 0 unspecified atom stereocenters. The van der Waals surface area contributed by atoms with Crippen LogP contribution in [0.4, 0.5) is 0 Å². The van der Waals surface area contributed by atoms with E-state index in [0.29, 0.717) is 0 Å². The van der Waals surface area contributed by atoms with E-state index in [2.05, 4.69) is 181 Å². The van der Waals surface area contributed by atoms with Gasteiger partial charge in [-0.25, -0.2) is 0 Å². The van der Waals surface area contributed by atoms with Crippen molar-refractivity contribution in [3.8, 4) is 16.8 Å². The van der Waals surface area contributed by atoms with Gasteiger partial charge in [-0.1, -0.05) is 133 Å². The standard InChI is InChI=1S/C25H19N.C19H17N/c1-18-7-6-8-20(17-18)19-13-15-21(16-14-19)26-24-11-4-2-9-22(24)23-10-3-5-12-25(23)26;1-4-15(13-14(2)3)20-18-11-7-5-9-16(18)17-10-6-8-12-19(17)20/h2-17H,1H3;4-13H,1-2H2,3H3/b;15-13+. The first kappa shape index (κ1) is 28.9. The Labute approximate surface area is 270 Å². The summed E-state index contributed by atoms with van der Waals surface area (Å²) in [5, 5.41) is 5.12. The molecule has 2 heterocycles. The Morgan fingerprint density at radius 3 is 1.50 bits per heavy atom. The second-order valence-corrected chi connectivity index (χ2v) is 11.8. The highest BCUT2D eigenvalue weighted by molar-refractivity contribution is 6.11. The number of rotatable bonds is 5. The summed E-state index contributed by atoms with van der Waals surface area (Å²) in [4.78, 5) is 0. The molecule has 0 aliphatic rings. The predicted octanol–water partition coefficient (Wildman–Crippen LogP) is 12.2. The molecule has 222 valence electrons. The van der Waals surface area contributed by atoms with E-state index in [4.69, 9.17) is 0 Å². The van der Waals surface area contributed by atoms with Crippen molar-refractivity contribution < 1.29 is 0 Å². The lowest BCUT2D eigenvalue weighted by Crippen LogP contribution is -1.94. The number of para-hydroxylation sites is 4. The molecule has 0 amide bonds. The van der Waals surface area contributed by atoms with Crippen LogP contribution in [0.2, 0.25) is 0 Å². The number of aryl methyl sites for hydroxylation is 1. The molecule has 46 heavy (non-hydrogen) atoms. The summed E-state index contributed by atoms with van der Waals surface area (Å²) in [6.45, 7) is 12.1. The third-order valence-corrected chi connectivity index (χ3v) is 8.50. The minimum absolute atomic E-state index is 1.02. The molecule has 2 heteroatoms. The van der Waals surface area contributed by atoms with Gasteiger partial charge in [0, 0.05) is 32.9 Å². The zero-order chi connectivity index (χ0) is 31.6. The molecule has 0 aliphatic heterocycles. The van der Waals surface area contributed by atoms with Gasteiger partial charge in [-0.2, -0.15) is 0 Å². The quantitative estimate of drug-likeness (QED) is 0.176. The summed E-state index contributed by atoms with van der Waals surface area (Å²) < 4.78 is 4.59. The van der Waals surface area contributed by atoms with E-state index in [1.54, 1.807) is 0 Å². The summed E-state index contributed by atoms with van der Waals surface area (Å²) in [7, 11) is 0. The monoisotopic (exact) mass is 592 g/mol. The Hall–Kier alpha value is -5.86. The van der Waals surface area contributed by atoms with Crippen LogP contribution in [0, 0.1) is 6.92 Å². The first-order valence-electron chi connectivity index (χ1n) is 15.7. The van der Waals surface area contributed by atoms with Crippen molar-refractivity contribution in [2.24, 2.45) is 0 Å². The zero-order valence-electron chi connectivity index (χ0n) is 26.3. The molecular weight excluding hydrogens is 556 g/mol. The van der Waals surface area contributed by atoms with E-state index >= 15 is 0 Å². The molecule has 0 spiro atoms. The second-order valence-electron chi connectivity index (χ2n) is 11.8. The maximum atomic E-state index is 3.98. The predicted molar refractivity (Wildman–Crippen MR) is 200 cm³/mol. The molecular formula is C44H36N2. The number of allylic oxidation sites excluding steroid dienone is 4. The van der Waals surface area contributed by atoms with E-state index in [0.717, 1.165) is 11.3 Å². The summed E-state index contributed by atoms with van der Waals surface area (Å²) in [5.41, 5.74) is 11.9. The smallest absolute Gasteiger partial charge is 0.0541 e. The van der Waals surface area contributed by atoms with Gasteiger partial charge in [-0.15, -0.1) is 0 Å². The van der Waals surface area contributed by atoms with Crippen LogP contribution in [-0.2, 0) is 0 Å². The van der Waals surface area contributed by atoms with Crippen molar-refractivity contribution in [1.29, 1.82) is 0 Å². The molecule has 0 radical (unpaired) electrons. The average molecular weight is 593 g/mol. The van der Waals surface area contributed by atoms with Gasteiger partial charge in [0.1, 0.15) is 0 Å². The Morgan fingerprint density at radius 2 is 1.02 bits per heavy atom. The SMILES string of the molecule is C=C/C(=C\C(=C)C)n1c2ccccc2c2ccccc21.Cc1cccc(-c2ccc(-n3c4ccccc4c4ccccc43)cc2)c1. The van der Waals surface area contributed by atoms with E-state index in [-0.39, 0.29) is 0 Å². The number of benzene rings is 6. The van der Waals surface area contributed by atoms with Crippen LogP contribution in [0.3, 0.4) is 0 Å². The van der Waals surface area contributed by atoms with Crippen molar-refractivity contribution in [2.75, 3.05) is 0 Å². The third kappa shape index (κ3) is 5.25. The second kappa shape index (κ2) is 12.3. The lowest BCUT2D eigenvalue weighted by molar-refractivity contribution is 1.18. The van der Waals surface area contributed by atoms with Crippen LogP contribution >= 0.6 is 0 Å². The molecule has 0 bridgehead atoms. The Bertz CT molecular complexity index is 2300. The van der Waals surface area contributed by atoms with E-state index < -0.39 is 0 Å². The van der Waals surface area contributed by atoms with Crippen LogP contribution in [0.5, 0.6) is 0 Å². The van der Waals surface area contributed by atoms with Crippen LogP contribution in [0.1, 0.15) is 12.5 Å². The van der Waals surface area contributed by atoms with Gasteiger partial charge in [0.25, 0.3) is 0 Å². The minimum atomic E-state index is 1.02. The highest BCUT2D eigenvalue weighted by Gasteiger charge is 2.12. The minimum Gasteiger partial charge on any atom is -0.309 e. The number of fused-ring (bicyclic) bond motifs is 6. The van der Waals surface area contributed by atoms with Crippen molar-refractivity contribution in [3.05, 3.63) is 182 Å². The maximum Gasteiger partial charge on any atom is 0.0541 e. The van der Waals surface area contributed by atoms with Gasteiger partial charge in [-0.05, 0) is 73.5 Å². The summed E-state index contributed by atoms with van der Waals surface area (Å²) in [6, 6.07) is 51.7. The van der Waals surface area contributed by atoms with Crippen molar-refractivity contribution >= 4 is 49.3 Å². The van der Waals surface area contributed by atoms with Crippen LogP contribution < -0.4 is 0 Å². The van der Waals surface area contributed by atoms with Gasteiger partial charge in [0.15, 0.2) is 0 Å². The van der Waals surface area contributed by atoms with Gasteiger partial charge in [0.2, 0.25) is 0 Å². The van der Waals surface area contributed by atoms with E-state index in [1.165, 1.54) is 66.0 Å². The van der Waals surface area contributed by atoms with Gasteiger partial charge in [-0.3, -0.25) is 0 Å². The largest absolute Gasteiger partial charge is 0.309 e. The molecule has 0 aliphatic carbocycles. The lowest BCUT2D eigenvalue weighted by Gasteiger charge is -2.09. The molecule has 2 nitrogen and oxygen atoms in total. The Kier molecular flexibility index (Phi) is 7.70. The van der Waals surface area contributed by atoms with Crippen LogP contribution in [-0.4, -0.2) is 9.13 Å². The first-order chi connectivity index (χ1) is 22.5. The fraction of sp³-hybridized carbons (Fsp3) is 0.0455. The van der Waals surface area contributed by atoms with E-state index in [9.17, 15) is 0 Å². The van der Waals surface area contributed by atoms with Crippen molar-refractivity contribution in [2.45, 2.75) is 13.8 Å².